The van der Waals surface area contributed by atoms with Crippen molar-refractivity contribution in [1.29, 1.82) is 0 Å². The predicted molar refractivity (Wildman–Crippen MR) is 60.1 cm³/mol. The van der Waals surface area contributed by atoms with Crippen LogP contribution in [0.15, 0.2) is 54.6 Å². The highest BCUT2D eigenvalue weighted by Crippen LogP contribution is 2.35. The van der Waals surface area contributed by atoms with Gasteiger partial charge >= 0.3 is 5.97 Å². The molecule has 1 aliphatic heterocycles. The molecule has 1 aliphatic rings. The molecule has 1 atom stereocenters. The number of benzene rings is 2. The molecule has 0 spiro atoms. The standard InChI is InChI=1S/C14H10O2/c15-14-12-9-5-4-8-11(12)13(16-14)10-6-2-1-3-7-10/h1-9,13H/t13-/m0/s1. The van der Waals surface area contributed by atoms with E-state index in [9.17, 15) is 4.79 Å². The number of ether oxygens (including phenoxy) is 1. The smallest absolute Gasteiger partial charge is 0.339 e. The van der Waals surface area contributed by atoms with Crippen LogP contribution in [0, 0.1) is 0 Å². The molecule has 0 fully saturated rings. The van der Waals surface area contributed by atoms with Crippen molar-refractivity contribution >= 4 is 5.97 Å². The normalized spacial score (nSPS) is 18.0. The highest BCUT2D eigenvalue weighted by atomic mass is 16.5. The third-order valence-corrected chi connectivity index (χ3v) is 2.79. The molecule has 16 heavy (non-hydrogen) atoms. The van der Waals surface area contributed by atoms with Gasteiger partial charge in [0.2, 0.25) is 0 Å². The van der Waals surface area contributed by atoms with Crippen molar-refractivity contribution in [3.8, 4) is 0 Å². The molecule has 2 heteroatoms. The number of carbonyl (C=O) groups is 1. The van der Waals surface area contributed by atoms with Crippen LogP contribution in [-0.2, 0) is 4.74 Å². The van der Waals surface area contributed by atoms with E-state index in [4.69, 9.17) is 4.74 Å². The molecule has 2 aromatic rings. The van der Waals surface area contributed by atoms with E-state index in [-0.39, 0.29) is 12.1 Å². The lowest BCUT2D eigenvalue weighted by Gasteiger charge is -2.10. The Morgan fingerprint density at radius 3 is 2.38 bits per heavy atom. The van der Waals surface area contributed by atoms with Gasteiger partial charge in [0.05, 0.1) is 5.56 Å². The van der Waals surface area contributed by atoms with Crippen LogP contribution in [0.4, 0.5) is 0 Å². The highest BCUT2D eigenvalue weighted by molar-refractivity contribution is 5.94. The fourth-order valence-corrected chi connectivity index (χ4v) is 2.02. The van der Waals surface area contributed by atoms with E-state index in [1.807, 2.05) is 48.5 Å². The van der Waals surface area contributed by atoms with Gasteiger partial charge in [-0.3, -0.25) is 0 Å². The minimum Gasteiger partial charge on any atom is -0.449 e. The number of carbonyl (C=O) groups excluding carboxylic acids is 1. The summed E-state index contributed by atoms with van der Waals surface area (Å²) in [5.74, 6) is -0.232. The molecule has 0 aliphatic carbocycles. The van der Waals surface area contributed by atoms with Crippen LogP contribution in [0.3, 0.4) is 0 Å². The zero-order valence-corrected chi connectivity index (χ0v) is 8.59. The molecule has 78 valence electrons. The average molecular weight is 210 g/mol. The van der Waals surface area contributed by atoms with Gasteiger partial charge < -0.3 is 4.74 Å². The van der Waals surface area contributed by atoms with Gasteiger partial charge in [0, 0.05) is 5.56 Å². The van der Waals surface area contributed by atoms with Crippen molar-refractivity contribution < 1.29 is 9.53 Å². The van der Waals surface area contributed by atoms with Gasteiger partial charge in [-0.1, -0.05) is 48.5 Å². The first-order valence-electron chi connectivity index (χ1n) is 5.21. The molecule has 0 saturated carbocycles. The third-order valence-electron chi connectivity index (χ3n) is 2.79. The Hall–Kier alpha value is -2.09. The summed E-state index contributed by atoms with van der Waals surface area (Å²) in [7, 11) is 0. The van der Waals surface area contributed by atoms with Gasteiger partial charge in [-0.05, 0) is 11.6 Å². The Bertz CT molecular complexity index is 531. The summed E-state index contributed by atoms with van der Waals surface area (Å²) in [5, 5.41) is 0. The maximum atomic E-state index is 11.6. The molecule has 0 aromatic heterocycles. The van der Waals surface area contributed by atoms with E-state index in [1.54, 1.807) is 6.07 Å². The summed E-state index contributed by atoms with van der Waals surface area (Å²) < 4.78 is 5.38. The van der Waals surface area contributed by atoms with Crippen LogP contribution in [-0.4, -0.2) is 5.97 Å². The second kappa shape index (κ2) is 3.49. The van der Waals surface area contributed by atoms with E-state index in [2.05, 4.69) is 0 Å². The predicted octanol–water partition coefficient (Wildman–Crippen LogP) is 2.95. The van der Waals surface area contributed by atoms with Crippen molar-refractivity contribution in [3.05, 3.63) is 71.3 Å². The fourth-order valence-electron chi connectivity index (χ4n) is 2.02. The maximum Gasteiger partial charge on any atom is 0.339 e. The lowest BCUT2D eigenvalue weighted by Crippen LogP contribution is -1.99. The Kier molecular flexibility index (Phi) is 2.00. The van der Waals surface area contributed by atoms with Gasteiger partial charge in [0.25, 0.3) is 0 Å². The van der Waals surface area contributed by atoms with E-state index in [1.165, 1.54) is 0 Å². The molecule has 2 aromatic carbocycles. The van der Waals surface area contributed by atoms with Crippen molar-refractivity contribution in [2.24, 2.45) is 0 Å². The minimum absolute atomic E-state index is 0.232. The lowest BCUT2D eigenvalue weighted by atomic mass is 9.99. The second-order valence-corrected chi connectivity index (χ2v) is 3.78. The monoisotopic (exact) mass is 210 g/mol. The van der Waals surface area contributed by atoms with Gasteiger partial charge in [-0.25, -0.2) is 4.79 Å². The van der Waals surface area contributed by atoms with Crippen LogP contribution in [0.25, 0.3) is 0 Å². The summed E-state index contributed by atoms with van der Waals surface area (Å²) in [6.07, 6.45) is -0.245. The first-order valence-corrected chi connectivity index (χ1v) is 5.21. The SMILES string of the molecule is O=C1O[C@@H](c2ccccc2)c2ccccc21. The molecular formula is C14H10O2. The molecule has 1 heterocycles. The van der Waals surface area contributed by atoms with E-state index < -0.39 is 0 Å². The Morgan fingerprint density at radius 1 is 0.875 bits per heavy atom. The summed E-state index contributed by atoms with van der Waals surface area (Å²) in [5.41, 5.74) is 2.65. The maximum absolute atomic E-state index is 11.6. The van der Waals surface area contributed by atoms with Gasteiger partial charge in [0.15, 0.2) is 6.10 Å². The average Bonchev–Trinajstić information content (AvgIpc) is 2.69. The summed E-state index contributed by atoms with van der Waals surface area (Å²) in [6, 6.07) is 17.3. The van der Waals surface area contributed by atoms with E-state index >= 15 is 0 Å². The largest absolute Gasteiger partial charge is 0.449 e. The van der Waals surface area contributed by atoms with Crippen molar-refractivity contribution in [2.45, 2.75) is 6.10 Å². The molecule has 0 radical (unpaired) electrons. The summed E-state index contributed by atoms with van der Waals surface area (Å²) in [6.45, 7) is 0. The quantitative estimate of drug-likeness (QED) is 0.676. The first-order chi connectivity index (χ1) is 7.86. The Balaban J connectivity index is 2.11. The zero-order chi connectivity index (χ0) is 11.0. The number of rotatable bonds is 1. The van der Waals surface area contributed by atoms with Gasteiger partial charge in [0.1, 0.15) is 0 Å². The van der Waals surface area contributed by atoms with Crippen molar-refractivity contribution in [1.82, 2.24) is 0 Å². The summed E-state index contributed by atoms with van der Waals surface area (Å²) >= 11 is 0. The number of cyclic esters (lactones) is 1. The highest BCUT2D eigenvalue weighted by Gasteiger charge is 2.31. The Labute approximate surface area is 93.5 Å². The zero-order valence-electron chi connectivity index (χ0n) is 8.59. The molecule has 0 saturated heterocycles. The second-order valence-electron chi connectivity index (χ2n) is 3.78. The number of hydrogen-bond acceptors (Lipinski definition) is 2. The number of hydrogen-bond donors (Lipinski definition) is 0. The van der Waals surface area contributed by atoms with Gasteiger partial charge in [-0.15, -0.1) is 0 Å². The lowest BCUT2D eigenvalue weighted by molar-refractivity contribution is 0.0456. The van der Waals surface area contributed by atoms with Crippen molar-refractivity contribution in [2.75, 3.05) is 0 Å². The van der Waals surface area contributed by atoms with Crippen LogP contribution in [0.2, 0.25) is 0 Å². The topological polar surface area (TPSA) is 26.3 Å². The molecule has 0 unspecified atom stereocenters. The molecule has 3 rings (SSSR count). The number of esters is 1. The van der Waals surface area contributed by atoms with Crippen molar-refractivity contribution in [3.63, 3.8) is 0 Å². The third kappa shape index (κ3) is 1.31. The fraction of sp³-hybridized carbons (Fsp3) is 0.0714. The van der Waals surface area contributed by atoms with E-state index in [0.29, 0.717) is 5.56 Å². The first kappa shape index (κ1) is 9.16. The molecule has 0 bridgehead atoms. The van der Waals surface area contributed by atoms with Gasteiger partial charge in [-0.2, -0.15) is 0 Å². The van der Waals surface area contributed by atoms with Crippen LogP contribution >= 0.6 is 0 Å². The van der Waals surface area contributed by atoms with Crippen LogP contribution < -0.4 is 0 Å². The molecule has 0 N–H and O–H groups in total. The summed E-state index contributed by atoms with van der Waals surface area (Å²) in [4.78, 5) is 11.6. The Morgan fingerprint density at radius 2 is 1.56 bits per heavy atom. The molecule has 0 amide bonds. The van der Waals surface area contributed by atoms with Crippen LogP contribution in [0.5, 0.6) is 0 Å². The van der Waals surface area contributed by atoms with E-state index in [0.717, 1.165) is 11.1 Å². The molecule has 2 nitrogen and oxygen atoms in total. The number of fused-ring (bicyclic) bond motifs is 1. The molecular weight excluding hydrogens is 200 g/mol. The minimum atomic E-state index is -0.245. The van der Waals surface area contributed by atoms with Crippen LogP contribution in [0.1, 0.15) is 27.6 Å².